The van der Waals surface area contributed by atoms with Crippen molar-refractivity contribution in [1.29, 1.82) is 0 Å². The summed E-state index contributed by atoms with van der Waals surface area (Å²) in [6.45, 7) is 0. The van der Waals surface area contributed by atoms with Crippen molar-refractivity contribution >= 4 is 29.2 Å². The number of para-hydroxylation sites is 1. The molecule has 0 spiro atoms. The van der Waals surface area contributed by atoms with Crippen molar-refractivity contribution in [1.82, 2.24) is 10.9 Å². The van der Waals surface area contributed by atoms with Crippen molar-refractivity contribution < 1.29 is 19.2 Å². The Morgan fingerprint density at radius 1 is 1.00 bits per heavy atom. The van der Waals surface area contributed by atoms with E-state index in [1.54, 1.807) is 54.6 Å². The van der Waals surface area contributed by atoms with Crippen LogP contribution < -0.4 is 15.9 Å². The number of rotatable bonds is 5. The van der Waals surface area contributed by atoms with E-state index in [9.17, 15) is 14.4 Å². The summed E-state index contributed by atoms with van der Waals surface area (Å²) in [7, 11) is 0. The molecule has 0 atom stereocenters. The lowest BCUT2D eigenvalue weighted by Crippen LogP contribution is -2.40. The lowest BCUT2D eigenvalue weighted by Gasteiger charge is -2.22. The van der Waals surface area contributed by atoms with Crippen molar-refractivity contribution in [3.05, 3.63) is 78.0 Å². The first-order valence-electron chi connectivity index (χ1n) is 10.6. The molecule has 2 aromatic rings. The molecule has 4 rings (SSSR count). The summed E-state index contributed by atoms with van der Waals surface area (Å²) in [5.41, 5.74) is 3.40. The monoisotopic (exact) mass is 432 g/mol. The average Bonchev–Trinajstić information content (AvgIpc) is 3.20. The van der Waals surface area contributed by atoms with Crippen molar-refractivity contribution in [2.45, 2.75) is 38.1 Å². The maximum Gasteiger partial charge on any atom is 0.376 e. The van der Waals surface area contributed by atoms with Crippen molar-refractivity contribution in [2.75, 3.05) is 5.01 Å². The summed E-state index contributed by atoms with van der Waals surface area (Å²) in [6.07, 6.45) is 6.27. The fourth-order valence-electron chi connectivity index (χ4n) is 3.71. The quantitative estimate of drug-likeness (QED) is 0.556. The van der Waals surface area contributed by atoms with Gasteiger partial charge in [-0.2, -0.15) is 0 Å². The maximum atomic E-state index is 13.1. The number of carbonyl (C=O) groups is 3. The van der Waals surface area contributed by atoms with Crippen LogP contribution in [0.3, 0.4) is 0 Å². The number of nitrogens with one attached hydrogen (secondary N) is 2. The van der Waals surface area contributed by atoms with Gasteiger partial charge in [0.1, 0.15) is 5.71 Å². The molecular weight excluding hydrogens is 408 g/mol. The zero-order chi connectivity index (χ0) is 22.3. The second-order valence-electron chi connectivity index (χ2n) is 7.66. The Morgan fingerprint density at radius 3 is 2.34 bits per heavy atom. The van der Waals surface area contributed by atoms with E-state index in [-0.39, 0.29) is 17.5 Å². The third-order valence-corrected chi connectivity index (χ3v) is 5.38. The number of hydrogen-bond donors (Lipinski definition) is 2. The largest absolute Gasteiger partial charge is 0.376 e. The van der Waals surface area contributed by atoms with Crippen LogP contribution in [0.4, 0.5) is 5.69 Å². The Labute approximate surface area is 185 Å². The van der Waals surface area contributed by atoms with Crippen LogP contribution in [0.5, 0.6) is 0 Å². The number of benzene rings is 2. The standard InChI is InChI=1S/C24H24N4O4/c29-22(17-10-4-1-5-11-17)26-20(23(30)25-18-12-6-2-7-13-18)16-21-24(31)32-27-28(21)19-14-8-3-9-15-19/h1,3-5,8-11,14-16,18,27H,2,6-7,12-13H2,(H,25,30)/b21-16+,26-20?. The molecule has 0 radical (unpaired) electrons. The number of aliphatic imine (C=N–C) groups is 1. The molecule has 2 amide bonds. The fourth-order valence-corrected chi connectivity index (χ4v) is 3.71. The molecule has 2 aromatic carbocycles. The molecule has 1 aliphatic carbocycles. The molecule has 32 heavy (non-hydrogen) atoms. The van der Waals surface area contributed by atoms with Gasteiger partial charge >= 0.3 is 5.97 Å². The summed E-state index contributed by atoms with van der Waals surface area (Å²) < 4.78 is 0. The van der Waals surface area contributed by atoms with Crippen molar-refractivity contribution in [3.8, 4) is 0 Å². The Morgan fingerprint density at radius 2 is 1.66 bits per heavy atom. The van der Waals surface area contributed by atoms with Gasteiger partial charge in [-0.15, -0.1) is 0 Å². The van der Waals surface area contributed by atoms with Crippen LogP contribution in [0.2, 0.25) is 0 Å². The number of amides is 2. The van der Waals surface area contributed by atoms with Crippen molar-refractivity contribution in [2.24, 2.45) is 4.99 Å². The first-order chi connectivity index (χ1) is 15.6. The molecule has 0 aromatic heterocycles. The summed E-state index contributed by atoms with van der Waals surface area (Å²) in [5.74, 6) is -1.75. The summed E-state index contributed by atoms with van der Waals surface area (Å²) in [4.78, 5) is 47.2. The highest BCUT2D eigenvalue weighted by Crippen LogP contribution is 2.22. The molecule has 0 unspecified atom stereocenters. The third-order valence-electron chi connectivity index (χ3n) is 5.38. The highest BCUT2D eigenvalue weighted by atomic mass is 16.7. The molecular formula is C24H24N4O4. The van der Waals surface area contributed by atoms with Gasteiger partial charge in [-0.05, 0) is 37.1 Å². The number of anilines is 1. The van der Waals surface area contributed by atoms with Crippen LogP contribution in [0, 0.1) is 0 Å². The maximum absolute atomic E-state index is 13.1. The van der Waals surface area contributed by atoms with Crippen LogP contribution in [0.15, 0.2) is 77.4 Å². The van der Waals surface area contributed by atoms with Crippen molar-refractivity contribution in [3.63, 3.8) is 0 Å². The van der Waals surface area contributed by atoms with E-state index in [1.165, 1.54) is 11.1 Å². The summed E-state index contributed by atoms with van der Waals surface area (Å²) >= 11 is 0. The van der Waals surface area contributed by atoms with Crippen LogP contribution in [0.1, 0.15) is 42.5 Å². The lowest BCUT2D eigenvalue weighted by molar-refractivity contribution is -0.140. The molecule has 8 heteroatoms. The van der Waals surface area contributed by atoms with Gasteiger partial charge in [0.2, 0.25) is 0 Å². The van der Waals surface area contributed by atoms with E-state index in [2.05, 4.69) is 15.9 Å². The van der Waals surface area contributed by atoms with Crippen LogP contribution in [-0.4, -0.2) is 29.5 Å². The molecule has 1 saturated carbocycles. The molecule has 1 saturated heterocycles. The van der Waals surface area contributed by atoms with Gasteiger partial charge in [0.05, 0.1) is 5.69 Å². The SMILES string of the molecule is O=C(NC1CCCCC1)C(/C=C1\C(=O)ONN1c1ccccc1)=NC(=O)c1ccccc1. The van der Waals surface area contributed by atoms with E-state index in [1.807, 2.05) is 6.07 Å². The van der Waals surface area contributed by atoms with E-state index in [0.29, 0.717) is 11.3 Å². The van der Waals surface area contributed by atoms with Gasteiger partial charge in [-0.3, -0.25) is 9.59 Å². The van der Waals surface area contributed by atoms with Gasteiger partial charge in [-0.1, -0.05) is 61.2 Å². The molecule has 0 bridgehead atoms. The van der Waals surface area contributed by atoms with Gasteiger partial charge in [0.15, 0.2) is 5.70 Å². The number of carbonyl (C=O) groups excluding carboxylic acids is 3. The zero-order valence-electron chi connectivity index (χ0n) is 17.5. The fraction of sp³-hybridized carbons (Fsp3) is 0.250. The second-order valence-corrected chi connectivity index (χ2v) is 7.66. The lowest BCUT2D eigenvalue weighted by atomic mass is 9.95. The third kappa shape index (κ3) is 5.09. The number of hydrazine groups is 1. The zero-order valence-corrected chi connectivity index (χ0v) is 17.5. The minimum atomic E-state index is -0.681. The van der Waals surface area contributed by atoms with E-state index in [4.69, 9.17) is 4.84 Å². The highest BCUT2D eigenvalue weighted by Gasteiger charge is 2.31. The van der Waals surface area contributed by atoms with Gasteiger partial charge < -0.3 is 10.2 Å². The van der Waals surface area contributed by atoms with E-state index < -0.39 is 17.8 Å². The first kappa shape index (κ1) is 21.5. The Kier molecular flexibility index (Phi) is 6.72. The highest BCUT2D eigenvalue weighted by molar-refractivity contribution is 6.45. The second kappa shape index (κ2) is 10.0. The summed E-state index contributed by atoms with van der Waals surface area (Å²) in [6, 6.07) is 17.5. The molecule has 2 fully saturated rings. The molecule has 164 valence electrons. The molecule has 8 nitrogen and oxygen atoms in total. The predicted molar refractivity (Wildman–Crippen MR) is 119 cm³/mol. The number of hydrogen-bond acceptors (Lipinski definition) is 6. The Hall–Kier alpha value is -3.78. The smallest absolute Gasteiger partial charge is 0.348 e. The number of nitrogens with zero attached hydrogens (tertiary/aromatic N) is 2. The minimum absolute atomic E-state index is 0.0190. The van der Waals surface area contributed by atoms with Crippen LogP contribution in [0.25, 0.3) is 0 Å². The Balaban J connectivity index is 1.67. The molecule has 1 heterocycles. The molecule has 2 N–H and O–H groups in total. The molecule has 1 aliphatic heterocycles. The summed E-state index contributed by atoms with van der Waals surface area (Å²) in [5, 5.41) is 4.36. The van der Waals surface area contributed by atoms with Gasteiger partial charge in [0.25, 0.3) is 11.8 Å². The average molecular weight is 432 g/mol. The van der Waals surface area contributed by atoms with Crippen LogP contribution >= 0.6 is 0 Å². The van der Waals surface area contributed by atoms with E-state index in [0.717, 1.165) is 32.1 Å². The van der Waals surface area contributed by atoms with Crippen LogP contribution in [-0.2, 0) is 14.4 Å². The minimum Gasteiger partial charge on any atom is -0.348 e. The first-order valence-corrected chi connectivity index (χ1v) is 10.6. The topological polar surface area (TPSA) is 100 Å². The molecule has 2 aliphatic rings. The van der Waals surface area contributed by atoms with Gasteiger partial charge in [0, 0.05) is 17.7 Å². The predicted octanol–water partition coefficient (Wildman–Crippen LogP) is 3.08. The Bertz CT molecular complexity index is 1040. The normalized spacial score (nSPS) is 18.5. The van der Waals surface area contributed by atoms with Gasteiger partial charge in [-0.25, -0.2) is 14.8 Å². The van der Waals surface area contributed by atoms with E-state index >= 15 is 0 Å².